The Hall–Kier alpha value is -2.66. The van der Waals surface area contributed by atoms with Crippen molar-refractivity contribution in [3.8, 4) is 17.8 Å². The van der Waals surface area contributed by atoms with Crippen molar-refractivity contribution in [1.29, 1.82) is 10.5 Å². The molecule has 1 aromatic carbocycles. The number of benzene rings is 1. The van der Waals surface area contributed by atoms with E-state index in [9.17, 15) is 4.39 Å². The van der Waals surface area contributed by atoms with E-state index >= 15 is 0 Å². The maximum atomic E-state index is 13.3. The fourth-order valence-corrected chi connectivity index (χ4v) is 1.40. The maximum absolute atomic E-state index is 13.3. The molecule has 0 atom stereocenters. The summed E-state index contributed by atoms with van der Waals surface area (Å²) in [5.74, 6) is -0.500. The topological polar surface area (TPSA) is 65.4 Å². The predicted molar refractivity (Wildman–Crippen MR) is 53.0 cm³/mol. The van der Waals surface area contributed by atoms with Crippen LogP contribution in [0.1, 0.15) is 11.4 Å². The van der Waals surface area contributed by atoms with Crippen LogP contribution in [0.2, 0.25) is 0 Å². The Kier molecular flexibility index (Phi) is 2.37. The number of nitriles is 2. The lowest BCUT2D eigenvalue weighted by Gasteiger charge is -2.05. The molecule has 5 heteroatoms. The molecule has 0 unspecified atom stereocenters. The Bertz CT molecular complexity index is 616. The van der Waals surface area contributed by atoms with Crippen LogP contribution in [0, 0.1) is 28.5 Å². The van der Waals surface area contributed by atoms with Crippen molar-refractivity contribution in [2.75, 3.05) is 0 Å². The standard InChI is InChI=1S/C11H5FN4/c12-9-2-1-3-10(8(9)6-13)16-5-4-15-11(16)7-14/h1-5H. The number of rotatable bonds is 1. The molecule has 0 radical (unpaired) electrons. The van der Waals surface area contributed by atoms with E-state index in [1.165, 1.54) is 29.1 Å². The molecule has 0 amide bonds. The van der Waals surface area contributed by atoms with Gasteiger partial charge in [-0.2, -0.15) is 10.5 Å². The first-order chi connectivity index (χ1) is 7.77. The van der Waals surface area contributed by atoms with Crippen molar-refractivity contribution >= 4 is 0 Å². The molecule has 2 rings (SSSR count). The lowest BCUT2D eigenvalue weighted by molar-refractivity contribution is 0.622. The van der Waals surface area contributed by atoms with Gasteiger partial charge in [0.1, 0.15) is 23.5 Å². The van der Waals surface area contributed by atoms with Crippen LogP contribution in [-0.4, -0.2) is 9.55 Å². The van der Waals surface area contributed by atoms with Crippen LogP contribution in [0.15, 0.2) is 30.6 Å². The SMILES string of the molecule is N#Cc1c(F)cccc1-n1ccnc1C#N. The average molecular weight is 212 g/mol. The first kappa shape index (κ1) is 9.88. The molecule has 4 nitrogen and oxygen atoms in total. The number of imidazole rings is 1. The highest BCUT2D eigenvalue weighted by atomic mass is 19.1. The summed E-state index contributed by atoms with van der Waals surface area (Å²) in [4.78, 5) is 3.79. The second-order valence-corrected chi connectivity index (χ2v) is 2.98. The first-order valence-corrected chi connectivity index (χ1v) is 4.40. The molecule has 0 aliphatic rings. The summed E-state index contributed by atoms with van der Waals surface area (Å²) in [5, 5.41) is 17.6. The highest BCUT2D eigenvalue weighted by molar-refractivity contribution is 5.51. The van der Waals surface area contributed by atoms with Gasteiger partial charge < -0.3 is 0 Å². The lowest BCUT2D eigenvalue weighted by Crippen LogP contribution is -2.01. The summed E-state index contributed by atoms with van der Waals surface area (Å²) >= 11 is 0. The minimum absolute atomic E-state index is 0.1000. The second kappa shape index (κ2) is 3.84. The highest BCUT2D eigenvalue weighted by Gasteiger charge is 2.12. The van der Waals surface area contributed by atoms with Crippen molar-refractivity contribution < 1.29 is 4.39 Å². The molecular formula is C11H5FN4. The van der Waals surface area contributed by atoms with Crippen LogP contribution < -0.4 is 0 Å². The molecule has 0 aliphatic heterocycles. The van der Waals surface area contributed by atoms with E-state index in [0.29, 0.717) is 5.69 Å². The summed E-state index contributed by atoms with van der Waals surface area (Å²) < 4.78 is 14.7. The Labute approximate surface area is 90.8 Å². The summed E-state index contributed by atoms with van der Waals surface area (Å²) in [7, 11) is 0. The van der Waals surface area contributed by atoms with E-state index in [4.69, 9.17) is 10.5 Å². The van der Waals surface area contributed by atoms with Crippen molar-refractivity contribution in [2.45, 2.75) is 0 Å². The third-order valence-electron chi connectivity index (χ3n) is 2.10. The van der Waals surface area contributed by atoms with E-state index < -0.39 is 5.82 Å². The van der Waals surface area contributed by atoms with Gasteiger partial charge in [0, 0.05) is 12.4 Å². The maximum Gasteiger partial charge on any atom is 0.217 e. The molecular weight excluding hydrogens is 207 g/mol. The van der Waals surface area contributed by atoms with Gasteiger partial charge >= 0.3 is 0 Å². The average Bonchev–Trinajstić information content (AvgIpc) is 2.76. The molecule has 1 aromatic heterocycles. The molecule has 0 saturated carbocycles. The van der Waals surface area contributed by atoms with Crippen molar-refractivity contribution in [3.05, 3.63) is 47.8 Å². The molecule has 2 aromatic rings. The monoisotopic (exact) mass is 212 g/mol. The van der Waals surface area contributed by atoms with Gasteiger partial charge in [0.2, 0.25) is 5.82 Å². The van der Waals surface area contributed by atoms with Crippen molar-refractivity contribution in [3.63, 3.8) is 0 Å². The van der Waals surface area contributed by atoms with E-state index in [2.05, 4.69) is 4.98 Å². The molecule has 0 spiro atoms. The fraction of sp³-hybridized carbons (Fsp3) is 0. The zero-order chi connectivity index (χ0) is 11.5. The van der Waals surface area contributed by atoms with E-state index in [0.717, 1.165) is 0 Å². The van der Waals surface area contributed by atoms with Gasteiger partial charge in [0.15, 0.2) is 0 Å². The molecule has 16 heavy (non-hydrogen) atoms. The van der Waals surface area contributed by atoms with Crippen molar-refractivity contribution in [2.24, 2.45) is 0 Å². The quantitative estimate of drug-likeness (QED) is 0.723. The van der Waals surface area contributed by atoms with E-state index in [-0.39, 0.29) is 11.4 Å². The van der Waals surface area contributed by atoms with Gasteiger partial charge in [0.25, 0.3) is 0 Å². The molecule has 0 aliphatic carbocycles. The van der Waals surface area contributed by atoms with Gasteiger partial charge in [-0.15, -0.1) is 0 Å². The van der Waals surface area contributed by atoms with E-state index in [1.54, 1.807) is 12.1 Å². The number of halogens is 1. The first-order valence-electron chi connectivity index (χ1n) is 4.40. The van der Waals surface area contributed by atoms with Gasteiger partial charge in [-0.3, -0.25) is 4.57 Å². The minimum Gasteiger partial charge on any atom is -0.290 e. The van der Waals surface area contributed by atoms with Crippen LogP contribution in [0.25, 0.3) is 5.69 Å². The summed E-state index contributed by atoms with van der Waals surface area (Å²) in [5.41, 5.74) is 0.216. The largest absolute Gasteiger partial charge is 0.290 e. The zero-order valence-corrected chi connectivity index (χ0v) is 8.05. The minimum atomic E-state index is -0.613. The van der Waals surface area contributed by atoms with Gasteiger partial charge in [-0.1, -0.05) is 6.07 Å². The number of aromatic nitrogens is 2. The van der Waals surface area contributed by atoms with E-state index in [1.807, 2.05) is 6.07 Å². The molecule has 1 heterocycles. The number of hydrogen-bond donors (Lipinski definition) is 0. The summed E-state index contributed by atoms with van der Waals surface area (Å²) in [6.07, 6.45) is 2.93. The Morgan fingerprint density at radius 1 is 1.25 bits per heavy atom. The number of hydrogen-bond acceptors (Lipinski definition) is 3. The number of nitrogens with zero attached hydrogens (tertiary/aromatic N) is 4. The Morgan fingerprint density at radius 2 is 2.06 bits per heavy atom. The van der Waals surface area contributed by atoms with Crippen LogP contribution in [0.4, 0.5) is 4.39 Å². The third kappa shape index (κ3) is 1.41. The normalized spacial score (nSPS) is 9.44. The van der Waals surface area contributed by atoms with Crippen LogP contribution >= 0.6 is 0 Å². The molecule has 0 fully saturated rings. The van der Waals surface area contributed by atoms with Crippen LogP contribution in [0.5, 0.6) is 0 Å². The van der Waals surface area contributed by atoms with Crippen LogP contribution in [-0.2, 0) is 0 Å². The molecule has 76 valence electrons. The Morgan fingerprint density at radius 3 is 2.75 bits per heavy atom. The van der Waals surface area contributed by atoms with Crippen LogP contribution in [0.3, 0.4) is 0 Å². The van der Waals surface area contributed by atoms with Gasteiger partial charge in [-0.05, 0) is 12.1 Å². The summed E-state index contributed by atoms with van der Waals surface area (Å²) in [6, 6.07) is 7.87. The predicted octanol–water partition coefficient (Wildman–Crippen LogP) is 1.75. The molecule has 0 saturated heterocycles. The lowest BCUT2D eigenvalue weighted by atomic mass is 10.2. The second-order valence-electron chi connectivity index (χ2n) is 2.98. The molecule has 0 N–H and O–H groups in total. The Balaban J connectivity index is 2.72. The zero-order valence-electron chi connectivity index (χ0n) is 8.05. The van der Waals surface area contributed by atoms with Gasteiger partial charge in [-0.25, -0.2) is 9.37 Å². The molecule has 0 bridgehead atoms. The highest BCUT2D eigenvalue weighted by Crippen LogP contribution is 2.18. The summed E-state index contributed by atoms with van der Waals surface area (Å²) in [6.45, 7) is 0. The van der Waals surface area contributed by atoms with Gasteiger partial charge in [0.05, 0.1) is 5.69 Å². The smallest absolute Gasteiger partial charge is 0.217 e. The van der Waals surface area contributed by atoms with Crippen molar-refractivity contribution in [1.82, 2.24) is 9.55 Å². The fourth-order valence-electron chi connectivity index (χ4n) is 1.40. The third-order valence-corrected chi connectivity index (χ3v) is 2.10.